The first-order valence-electron chi connectivity index (χ1n) is 7.23. The number of para-hydroxylation sites is 2. The number of carbonyl (C=O) groups is 2. The van der Waals surface area contributed by atoms with Crippen molar-refractivity contribution < 1.29 is 14.0 Å². The van der Waals surface area contributed by atoms with Gasteiger partial charge in [-0.25, -0.2) is 4.98 Å². The predicted octanol–water partition coefficient (Wildman–Crippen LogP) is 2.25. The molecule has 0 radical (unpaired) electrons. The molecule has 0 unspecified atom stereocenters. The van der Waals surface area contributed by atoms with E-state index in [1.807, 2.05) is 24.3 Å². The van der Waals surface area contributed by atoms with Gasteiger partial charge < -0.3 is 4.42 Å². The molecule has 1 aromatic heterocycles. The van der Waals surface area contributed by atoms with Gasteiger partial charge in [0.2, 0.25) is 5.91 Å². The highest BCUT2D eigenvalue weighted by molar-refractivity contribution is 7.99. The number of nitrogens with one attached hydrogen (secondary N) is 2. The molecular weight excluding hydrogens is 340 g/mol. The lowest BCUT2D eigenvalue weighted by Gasteiger charge is -2.06. The number of rotatable bonds is 4. The fraction of sp³-hybridized carbons (Fsp3) is 0.0588. The molecule has 2 amide bonds. The summed E-state index contributed by atoms with van der Waals surface area (Å²) in [7, 11) is 0. The van der Waals surface area contributed by atoms with Gasteiger partial charge in [-0.2, -0.15) is 5.26 Å². The van der Waals surface area contributed by atoms with Crippen LogP contribution < -0.4 is 10.9 Å². The van der Waals surface area contributed by atoms with Crippen molar-refractivity contribution in [2.75, 3.05) is 5.75 Å². The molecule has 3 rings (SSSR count). The number of hydrogen-bond acceptors (Lipinski definition) is 6. The third-order valence-electron chi connectivity index (χ3n) is 3.17. The molecule has 8 heteroatoms. The van der Waals surface area contributed by atoms with Crippen LogP contribution >= 0.6 is 11.8 Å². The fourth-order valence-electron chi connectivity index (χ4n) is 2.00. The zero-order chi connectivity index (χ0) is 17.6. The third kappa shape index (κ3) is 4.16. The zero-order valence-corrected chi connectivity index (χ0v) is 13.7. The summed E-state index contributed by atoms with van der Waals surface area (Å²) < 4.78 is 5.49. The first-order chi connectivity index (χ1) is 12.2. The largest absolute Gasteiger partial charge is 0.431 e. The normalized spacial score (nSPS) is 10.2. The van der Waals surface area contributed by atoms with Crippen molar-refractivity contribution in [1.29, 1.82) is 5.26 Å². The number of amides is 2. The maximum absolute atomic E-state index is 11.9. The standard InChI is InChI=1S/C17H12N4O3S/c18-9-11-4-3-5-12(8-11)16(23)21-20-15(22)10-25-17-19-13-6-1-2-7-14(13)24-17/h1-8H,10H2,(H,20,22)(H,21,23). The molecule has 1 heterocycles. The van der Waals surface area contributed by atoms with Crippen molar-refractivity contribution >= 4 is 34.7 Å². The minimum absolute atomic E-state index is 0.0331. The first-order valence-corrected chi connectivity index (χ1v) is 8.22. The van der Waals surface area contributed by atoms with Crippen molar-refractivity contribution in [3.63, 3.8) is 0 Å². The molecule has 0 fully saturated rings. The fourth-order valence-corrected chi connectivity index (χ4v) is 2.64. The van der Waals surface area contributed by atoms with Gasteiger partial charge in [-0.05, 0) is 30.3 Å². The quantitative estimate of drug-likeness (QED) is 0.551. The number of aromatic nitrogens is 1. The Morgan fingerprint density at radius 2 is 2.00 bits per heavy atom. The van der Waals surface area contributed by atoms with E-state index in [4.69, 9.17) is 9.68 Å². The van der Waals surface area contributed by atoms with Gasteiger partial charge in [0.1, 0.15) is 5.52 Å². The molecule has 124 valence electrons. The average molecular weight is 352 g/mol. The van der Waals surface area contributed by atoms with Crippen LogP contribution in [0.2, 0.25) is 0 Å². The van der Waals surface area contributed by atoms with Crippen LogP contribution in [0.1, 0.15) is 15.9 Å². The number of benzene rings is 2. The molecule has 0 bridgehead atoms. The van der Waals surface area contributed by atoms with Gasteiger partial charge in [0.05, 0.1) is 17.4 Å². The highest BCUT2D eigenvalue weighted by Crippen LogP contribution is 2.22. The lowest BCUT2D eigenvalue weighted by molar-refractivity contribution is -0.119. The summed E-state index contributed by atoms with van der Waals surface area (Å²) in [5, 5.41) is 9.20. The van der Waals surface area contributed by atoms with Crippen molar-refractivity contribution in [3.05, 3.63) is 59.7 Å². The Hall–Kier alpha value is -3.31. The van der Waals surface area contributed by atoms with E-state index in [1.54, 1.807) is 24.3 Å². The predicted molar refractivity (Wildman–Crippen MR) is 91.5 cm³/mol. The molecular formula is C17H12N4O3S. The van der Waals surface area contributed by atoms with E-state index in [2.05, 4.69) is 15.8 Å². The van der Waals surface area contributed by atoms with Crippen LogP contribution in [0.15, 0.2) is 58.2 Å². The molecule has 7 nitrogen and oxygen atoms in total. The number of nitrogens with zero attached hydrogens (tertiary/aromatic N) is 2. The Bertz CT molecular complexity index is 944. The Labute approximate surface area is 147 Å². The summed E-state index contributed by atoms with van der Waals surface area (Å²) in [6.45, 7) is 0. The van der Waals surface area contributed by atoms with E-state index in [0.29, 0.717) is 16.4 Å². The SMILES string of the molecule is N#Cc1cccc(C(=O)NNC(=O)CSc2nc3ccccc3o2)c1. The van der Waals surface area contributed by atoms with Gasteiger partial charge in [-0.3, -0.25) is 20.4 Å². The first kappa shape index (κ1) is 16.5. The lowest BCUT2D eigenvalue weighted by atomic mass is 10.1. The molecule has 0 saturated carbocycles. The Kier molecular flexibility index (Phi) is 4.97. The van der Waals surface area contributed by atoms with E-state index in [1.165, 1.54) is 6.07 Å². The second kappa shape index (κ2) is 7.51. The molecule has 2 aromatic carbocycles. The monoisotopic (exact) mass is 352 g/mol. The highest BCUT2D eigenvalue weighted by Gasteiger charge is 2.11. The molecule has 0 aliphatic carbocycles. The van der Waals surface area contributed by atoms with Crippen LogP contribution in [0.4, 0.5) is 0 Å². The number of hydrogen-bond donors (Lipinski definition) is 2. The topological polar surface area (TPSA) is 108 Å². The highest BCUT2D eigenvalue weighted by atomic mass is 32.2. The molecule has 2 N–H and O–H groups in total. The van der Waals surface area contributed by atoms with E-state index >= 15 is 0 Å². The number of fused-ring (bicyclic) bond motifs is 1. The summed E-state index contributed by atoms with van der Waals surface area (Å²) in [5.41, 5.74) is 6.63. The summed E-state index contributed by atoms with van der Waals surface area (Å²) in [5.74, 6) is -0.875. The van der Waals surface area contributed by atoms with Crippen molar-refractivity contribution in [1.82, 2.24) is 15.8 Å². The van der Waals surface area contributed by atoms with Gasteiger partial charge in [-0.15, -0.1) is 0 Å². The zero-order valence-electron chi connectivity index (χ0n) is 12.9. The van der Waals surface area contributed by atoms with Crippen LogP contribution in [-0.2, 0) is 4.79 Å². The van der Waals surface area contributed by atoms with E-state index in [-0.39, 0.29) is 11.3 Å². The molecule has 0 aliphatic rings. The molecule has 3 aromatic rings. The third-order valence-corrected chi connectivity index (χ3v) is 4.00. The van der Waals surface area contributed by atoms with Crippen molar-refractivity contribution in [2.24, 2.45) is 0 Å². The summed E-state index contributed by atoms with van der Waals surface area (Å²) in [6, 6.07) is 15.4. The summed E-state index contributed by atoms with van der Waals surface area (Å²) in [6.07, 6.45) is 0. The second-order valence-electron chi connectivity index (χ2n) is 4.93. The van der Waals surface area contributed by atoms with Gasteiger partial charge in [0, 0.05) is 5.56 Å². The molecule has 0 spiro atoms. The Morgan fingerprint density at radius 1 is 1.16 bits per heavy atom. The van der Waals surface area contributed by atoms with Crippen LogP contribution in [0.25, 0.3) is 11.1 Å². The van der Waals surface area contributed by atoms with Crippen LogP contribution in [0.3, 0.4) is 0 Å². The molecule has 0 saturated heterocycles. The van der Waals surface area contributed by atoms with Crippen LogP contribution in [0, 0.1) is 11.3 Å². The summed E-state index contributed by atoms with van der Waals surface area (Å²) in [4.78, 5) is 28.0. The number of oxazole rings is 1. The Morgan fingerprint density at radius 3 is 2.80 bits per heavy atom. The van der Waals surface area contributed by atoms with Gasteiger partial charge in [0.25, 0.3) is 11.1 Å². The Balaban J connectivity index is 1.50. The number of hydrazine groups is 1. The average Bonchev–Trinajstić information content (AvgIpc) is 3.07. The smallest absolute Gasteiger partial charge is 0.269 e. The van der Waals surface area contributed by atoms with Crippen LogP contribution in [0.5, 0.6) is 0 Å². The number of carbonyl (C=O) groups excluding carboxylic acids is 2. The van der Waals surface area contributed by atoms with E-state index in [0.717, 1.165) is 17.3 Å². The maximum Gasteiger partial charge on any atom is 0.269 e. The summed E-state index contributed by atoms with van der Waals surface area (Å²) >= 11 is 1.12. The molecule has 0 atom stereocenters. The minimum Gasteiger partial charge on any atom is -0.431 e. The lowest BCUT2D eigenvalue weighted by Crippen LogP contribution is -2.42. The minimum atomic E-state index is -0.502. The van der Waals surface area contributed by atoms with Crippen molar-refractivity contribution in [3.8, 4) is 6.07 Å². The van der Waals surface area contributed by atoms with Gasteiger partial charge in [0.15, 0.2) is 5.58 Å². The maximum atomic E-state index is 11.9. The second-order valence-corrected chi connectivity index (χ2v) is 5.86. The van der Waals surface area contributed by atoms with Crippen molar-refractivity contribution in [2.45, 2.75) is 5.22 Å². The van der Waals surface area contributed by atoms with Gasteiger partial charge in [-0.1, -0.05) is 30.0 Å². The van der Waals surface area contributed by atoms with Crippen LogP contribution in [-0.4, -0.2) is 22.6 Å². The van der Waals surface area contributed by atoms with Gasteiger partial charge >= 0.3 is 0 Å². The molecule has 0 aliphatic heterocycles. The number of nitriles is 1. The van der Waals surface area contributed by atoms with E-state index in [9.17, 15) is 9.59 Å². The van der Waals surface area contributed by atoms with E-state index < -0.39 is 11.8 Å². The molecule has 25 heavy (non-hydrogen) atoms. The number of thioether (sulfide) groups is 1.